The number of alkyl halides is 6. The Labute approximate surface area is 217 Å². The lowest BCUT2D eigenvalue weighted by Gasteiger charge is -2.28. The van der Waals surface area contributed by atoms with Gasteiger partial charge >= 0.3 is 12.4 Å². The van der Waals surface area contributed by atoms with E-state index in [1.54, 1.807) is 6.20 Å². The molecule has 0 atom stereocenters. The second-order valence-corrected chi connectivity index (χ2v) is 9.50. The molecule has 8 nitrogen and oxygen atoms in total. The molecule has 0 radical (unpaired) electrons. The van der Waals surface area contributed by atoms with E-state index in [1.807, 2.05) is 6.92 Å². The Morgan fingerprint density at radius 3 is 2.32 bits per heavy atom. The summed E-state index contributed by atoms with van der Waals surface area (Å²) in [4.78, 5) is 23.9. The van der Waals surface area contributed by atoms with Gasteiger partial charge in [-0.05, 0) is 24.6 Å². The van der Waals surface area contributed by atoms with Crippen LogP contribution >= 0.6 is 11.8 Å². The number of amides is 1. The fourth-order valence-electron chi connectivity index (χ4n) is 3.82. The minimum absolute atomic E-state index is 0.0213. The van der Waals surface area contributed by atoms with E-state index in [9.17, 15) is 31.1 Å². The third-order valence-electron chi connectivity index (χ3n) is 5.66. The summed E-state index contributed by atoms with van der Waals surface area (Å²) in [6.45, 7) is 4.39. The van der Waals surface area contributed by atoms with Crippen molar-refractivity contribution in [1.29, 1.82) is 0 Å². The number of ether oxygens (including phenoxy) is 1. The predicted molar refractivity (Wildman–Crippen MR) is 128 cm³/mol. The smallest absolute Gasteiger partial charge is 0.378 e. The van der Waals surface area contributed by atoms with Gasteiger partial charge in [0.1, 0.15) is 5.82 Å². The van der Waals surface area contributed by atoms with Crippen LogP contribution in [0.25, 0.3) is 11.0 Å². The highest BCUT2D eigenvalue weighted by Crippen LogP contribution is 2.36. The van der Waals surface area contributed by atoms with Crippen LogP contribution in [-0.2, 0) is 23.6 Å². The largest absolute Gasteiger partial charge is 0.416 e. The van der Waals surface area contributed by atoms with Crippen molar-refractivity contribution in [2.75, 3.05) is 43.5 Å². The Kier molecular flexibility index (Phi) is 8.35. The molecule has 4 rings (SSSR count). The van der Waals surface area contributed by atoms with Gasteiger partial charge in [-0.2, -0.15) is 31.4 Å². The number of carbonyl (C=O) groups excluding carboxylic acids is 1. The zero-order chi connectivity index (χ0) is 27.5. The summed E-state index contributed by atoms with van der Waals surface area (Å²) < 4.78 is 85.7. The summed E-state index contributed by atoms with van der Waals surface area (Å²) in [7, 11) is 0. The molecule has 0 aliphatic carbocycles. The number of hydrogen-bond donors (Lipinski definition) is 1. The normalized spacial score (nSPS) is 14.8. The van der Waals surface area contributed by atoms with E-state index in [2.05, 4.69) is 20.3 Å². The monoisotopic (exact) mass is 562 g/mol. The average Bonchev–Trinajstić information content (AvgIpc) is 3.29. The van der Waals surface area contributed by atoms with Crippen LogP contribution in [0.4, 0.5) is 32.2 Å². The number of anilines is 1. The van der Waals surface area contributed by atoms with Gasteiger partial charge in [0.05, 0.1) is 42.5 Å². The van der Waals surface area contributed by atoms with Crippen LogP contribution in [0.1, 0.15) is 34.8 Å². The van der Waals surface area contributed by atoms with Crippen LogP contribution in [0, 0.1) is 0 Å². The van der Waals surface area contributed by atoms with Crippen molar-refractivity contribution in [2.45, 2.75) is 37.4 Å². The van der Waals surface area contributed by atoms with Gasteiger partial charge < -0.3 is 15.0 Å². The Balaban J connectivity index is 1.54. The molecule has 1 fully saturated rings. The lowest BCUT2D eigenvalue weighted by molar-refractivity contribution is -0.143. The first-order valence-corrected chi connectivity index (χ1v) is 12.7. The molecule has 2 aromatic heterocycles. The minimum atomic E-state index is -5.05. The molecule has 1 aliphatic heterocycles. The average molecular weight is 563 g/mol. The summed E-state index contributed by atoms with van der Waals surface area (Å²) in [5.74, 6) is 0.437. The maximum atomic E-state index is 13.1. The number of rotatable bonds is 8. The molecule has 0 bridgehead atoms. The summed E-state index contributed by atoms with van der Waals surface area (Å²) in [6, 6.07) is 0.770. The number of aromatic nitrogens is 4. The quantitative estimate of drug-likeness (QED) is 0.243. The van der Waals surface area contributed by atoms with Crippen LogP contribution in [-0.4, -0.2) is 64.3 Å². The molecule has 3 aromatic rings. The number of carbonyl (C=O) groups is 1. The first-order valence-electron chi connectivity index (χ1n) is 11.7. The third-order valence-corrected chi connectivity index (χ3v) is 6.71. The van der Waals surface area contributed by atoms with Gasteiger partial charge in [-0.25, -0.2) is 14.6 Å². The molecule has 0 unspecified atom stereocenters. The Bertz CT molecular complexity index is 1260. The van der Waals surface area contributed by atoms with Gasteiger partial charge in [0.25, 0.3) is 5.91 Å². The number of hydrogen-bond acceptors (Lipinski definition) is 7. The predicted octanol–water partition coefficient (Wildman–Crippen LogP) is 4.63. The maximum absolute atomic E-state index is 13.1. The van der Waals surface area contributed by atoms with Crippen molar-refractivity contribution >= 4 is 34.5 Å². The topological polar surface area (TPSA) is 85.2 Å². The zero-order valence-electron chi connectivity index (χ0n) is 20.2. The van der Waals surface area contributed by atoms with E-state index in [0.29, 0.717) is 60.4 Å². The van der Waals surface area contributed by atoms with E-state index in [1.165, 1.54) is 16.4 Å². The standard InChI is InChI=1S/C23H24F6N6O2S/c1-2-9-38-21-32-18(34-5-7-37-8-6-34)17-13-31-35(19(17)33-21)4-3-30-20(36)14-10-15(22(24,25)26)12-16(11-14)23(27,28)29/h10-13H,2-9H2,1H3,(H,30,36). The first kappa shape index (κ1) is 28.0. The van der Waals surface area contributed by atoms with E-state index in [0.717, 1.165) is 12.2 Å². The van der Waals surface area contributed by atoms with E-state index >= 15 is 0 Å². The van der Waals surface area contributed by atoms with Crippen molar-refractivity contribution in [3.63, 3.8) is 0 Å². The highest BCUT2D eigenvalue weighted by atomic mass is 32.2. The molecule has 1 saturated heterocycles. The van der Waals surface area contributed by atoms with Crippen LogP contribution in [0.5, 0.6) is 0 Å². The van der Waals surface area contributed by atoms with Crippen molar-refractivity contribution in [1.82, 2.24) is 25.1 Å². The van der Waals surface area contributed by atoms with Crippen LogP contribution in [0.2, 0.25) is 0 Å². The Hall–Kier alpha value is -3.07. The zero-order valence-corrected chi connectivity index (χ0v) is 21.0. The van der Waals surface area contributed by atoms with Gasteiger partial charge in [-0.3, -0.25) is 4.79 Å². The highest BCUT2D eigenvalue weighted by molar-refractivity contribution is 7.99. The van der Waals surface area contributed by atoms with Crippen LogP contribution < -0.4 is 10.2 Å². The van der Waals surface area contributed by atoms with Crippen LogP contribution in [0.15, 0.2) is 29.6 Å². The van der Waals surface area contributed by atoms with Crippen molar-refractivity contribution in [3.05, 3.63) is 41.1 Å². The number of morpholine rings is 1. The number of halogens is 6. The summed E-state index contributed by atoms with van der Waals surface area (Å²) >= 11 is 1.48. The summed E-state index contributed by atoms with van der Waals surface area (Å²) in [5, 5.41) is 7.95. The SMILES string of the molecule is CCCSc1nc(N2CCOCC2)c2cnn(CCNC(=O)c3cc(C(F)(F)F)cc(C(F)(F)F)c3)c2n1. The fourth-order valence-corrected chi connectivity index (χ4v) is 4.51. The number of fused-ring (bicyclic) bond motifs is 1. The van der Waals surface area contributed by atoms with E-state index in [-0.39, 0.29) is 19.2 Å². The molecule has 38 heavy (non-hydrogen) atoms. The number of thioether (sulfide) groups is 1. The number of nitrogens with one attached hydrogen (secondary N) is 1. The third kappa shape index (κ3) is 6.49. The molecule has 15 heteroatoms. The van der Waals surface area contributed by atoms with Gasteiger partial charge in [-0.1, -0.05) is 18.7 Å². The molecule has 206 valence electrons. The van der Waals surface area contributed by atoms with Gasteiger partial charge in [0.2, 0.25) is 0 Å². The Morgan fingerprint density at radius 1 is 1.05 bits per heavy atom. The number of benzene rings is 1. The molecule has 1 amide bonds. The van der Waals surface area contributed by atoms with E-state index in [4.69, 9.17) is 9.72 Å². The lowest BCUT2D eigenvalue weighted by atomic mass is 10.0. The second kappa shape index (κ2) is 11.4. The van der Waals surface area contributed by atoms with Crippen LogP contribution in [0.3, 0.4) is 0 Å². The fraction of sp³-hybridized carbons (Fsp3) is 0.478. The summed E-state index contributed by atoms with van der Waals surface area (Å²) in [5.41, 5.74) is -3.35. The van der Waals surface area contributed by atoms with Gasteiger partial charge in [-0.15, -0.1) is 0 Å². The maximum Gasteiger partial charge on any atom is 0.416 e. The molecule has 0 spiro atoms. The van der Waals surface area contributed by atoms with Crippen molar-refractivity contribution in [2.24, 2.45) is 0 Å². The lowest BCUT2D eigenvalue weighted by Crippen LogP contribution is -2.37. The number of nitrogens with zero attached hydrogens (tertiary/aromatic N) is 5. The molecule has 3 heterocycles. The first-order chi connectivity index (χ1) is 18.0. The molecule has 1 N–H and O–H groups in total. The highest BCUT2D eigenvalue weighted by Gasteiger charge is 2.37. The Morgan fingerprint density at radius 2 is 1.71 bits per heavy atom. The molecule has 1 aromatic carbocycles. The summed E-state index contributed by atoms with van der Waals surface area (Å²) in [6.07, 6.45) is -7.58. The van der Waals surface area contributed by atoms with Crippen molar-refractivity contribution in [3.8, 4) is 0 Å². The molecule has 0 saturated carbocycles. The second-order valence-electron chi connectivity index (χ2n) is 8.43. The van der Waals surface area contributed by atoms with E-state index < -0.39 is 35.0 Å². The molecular weight excluding hydrogens is 538 g/mol. The van der Waals surface area contributed by atoms with Gasteiger partial charge in [0, 0.05) is 31.0 Å². The minimum Gasteiger partial charge on any atom is -0.378 e. The molecular formula is C23H24F6N6O2S. The molecule has 1 aliphatic rings. The van der Waals surface area contributed by atoms with Gasteiger partial charge in [0.15, 0.2) is 10.8 Å². The van der Waals surface area contributed by atoms with Crippen molar-refractivity contribution < 1.29 is 35.9 Å².